The quantitative estimate of drug-likeness (QED) is 0.350. The van der Waals surface area contributed by atoms with Gasteiger partial charge in [0, 0.05) is 22.6 Å². The first-order valence-corrected chi connectivity index (χ1v) is 9.20. The van der Waals surface area contributed by atoms with Gasteiger partial charge < -0.3 is 11.5 Å². The highest BCUT2D eigenvalue weighted by Gasteiger charge is 2.18. The van der Waals surface area contributed by atoms with Crippen LogP contribution in [0.3, 0.4) is 0 Å². The molecule has 8 heteroatoms. The second-order valence-corrected chi connectivity index (χ2v) is 7.13. The largest absolute Gasteiger partial charge is 0.379 e. The summed E-state index contributed by atoms with van der Waals surface area (Å²) < 4.78 is 13.7. The Morgan fingerprint density at radius 2 is 1.48 bits per heavy atom. The van der Waals surface area contributed by atoms with Crippen LogP contribution in [-0.4, -0.2) is 16.1 Å². The van der Waals surface area contributed by atoms with Crippen LogP contribution in [0, 0.1) is 16.6 Å². The highest BCUT2D eigenvalue weighted by atomic mass is 32.2. The molecule has 0 aromatic heterocycles. The van der Waals surface area contributed by atoms with E-state index in [2.05, 4.69) is 0 Å². The molecule has 5 nitrogen and oxygen atoms in total. The van der Waals surface area contributed by atoms with E-state index in [9.17, 15) is 9.18 Å². The van der Waals surface area contributed by atoms with E-state index in [-0.39, 0.29) is 21.7 Å². The van der Waals surface area contributed by atoms with Gasteiger partial charge in [-0.05, 0) is 23.3 Å². The lowest BCUT2D eigenvalue weighted by atomic mass is 9.96. The Labute approximate surface area is 153 Å². The number of carbonyl (C=O) groups is 1. The van der Waals surface area contributed by atoms with Crippen molar-refractivity contribution in [2.24, 2.45) is 11.5 Å². The van der Waals surface area contributed by atoms with Crippen LogP contribution < -0.4 is 11.5 Å². The zero-order valence-corrected chi connectivity index (χ0v) is 14.8. The molecule has 2 aromatic carbocycles. The van der Waals surface area contributed by atoms with Crippen LogP contribution in [0.15, 0.2) is 42.5 Å². The van der Waals surface area contributed by atoms with Gasteiger partial charge in [0.2, 0.25) is 0 Å². The van der Waals surface area contributed by atoms with Gasteiger partial charge in [0.25, 0.3) is 0 Å². The van der Waals surface area contributed by atoms with Gasteiger partial charge >= 0.3 is 0 Å². The first-order chi connectivity index (χ1) is 11.9. The fourth-order valence-corrected chi connectivity index (χ4v) is 3.34. The van der Waals surface area contributed by atoms with E-state index < -0.39 is 5.82 Å². The maximum atomic E-state index is 13.7. The van der Waals surface area contributed by atoms with Crippen molar-refractivity contribution in [1.82, 2.24) is 0 Å². The monoisotopic (exact) mass is 376 g/mol. The smallest absolute Gasteiger partial charge is 0.193 e. The fourth-order valence-electron chi connectivity index (χ4n) is 2.21. The van der Waals surface area contributed by atoms with Crippen LogP contribution in [0.5, 0.6) is 0 Å². The summed E-state index contributed by atoms with van der Waals surface area (Å²) >= 11 is 2.19. The van der Waals surface area contributed by atoms with E-state index >= 15 is 0 Å². The molecule has 0 aliphatic carbocycles. The third-order valence-electron chi connectivity index (χ3n) is 3.34. The Morgan fingerprint density at radius 1 is 0.920 bits per heavy atom. The molecule has 25 heavy (non-hydrogen) atoms. The lowest BCUT2D eigenvalue weighted by molar-refractivity contribution is 0.103. The number of carbonyl (C=O) groups excluding carboxylic acids is 1. The number of benzene rings is 2. The molecule has 0 radical (unpaired) electrons. The van der Waals surface area contributed by atoms with Crippen LogP contribution in [0.25, 0.3) is 0 Å². The Hall–Kier alpha value is -2.32. The number of nitrogens with two attached hydrogens (primary N) is 2. The van der Waals surface area contributed by atoms with Crippen molar-refractivity contribution in [3.63, 3.8) is 0 Å². The van der Waals surface area contributed by atoms with Crippen LogP contribution in [0.2, 0.25) is 0 Å². The number of halogens is 1. The van der Waals surface area contributed by atoms with Crippen molar-refractivity contribution in [3.05, 3.63) is 70.5 Å². The third-order valence-corrected chi connectivity index (χ3v) is 4.88. The molecule has 2 rings (SSSR count). The molecule has 6 N–H and O–H groups in total. The van der Waals surface area contributed by atoms with E-state index in [1.807, 2.05) is 0 Å². The molecule has 130 valence electrons. The van der Waals surface area contributed by atoms with Crippen molar-refractivity contribution >= 4 is 39.6 Å². The average Bonchev–Trinajstić information content (AvgIpc) is 2.58. The molecule has 0 aliphatic heterocycles. The number of ketones is 1. The standard InChI is InChI=1S/C17H17FN4OS2/c18-12-6-5-11(9-25-17(21)22)14(7-12)15(23)13-4-2-1-3-10(13)8-24-16(19)20/h1-7H,8-9H2,(H3,19,20)(H3,21,22). The number of thioether (sulfide) groups is 2. The van der Waals surface area contributed by atoms with Gasteiger partial charge in [-0.3, -0.25) is 15.6 Å². The Balaban J connectivity index is 2.39. The van der Waals surface area contributed by atoms with E-state index in [0.29, 0.717) is 22.6 Å². The van der Waals surface area contributed by atoms with E-state index in [1.54, 1.807) is 24.3 Å². The van der Waals surface area contributed by atoms with E-state index in [0.717, 1.165) is 29.1 Å². The first kappa shape index (κ1) is 19.0. The highest BCUT2D eigenvalue weighted by molar-refractivity contribution is 8.13. The number of hydrogen-bond acceptors (Lipinski definition) is 5. The topological polar surface area (TPSA) is 117 Å². The average molecular weight is 376 g/mol. The van der Waals surface area contributed by atoms with Crippen LogP contribution >= 0.6 is 23.5 Å². The van der Waals surface area contributed by atoms with Crippen LogP contribution in [0.4, 0.5) is 4.39 Å². The predicted molar refractivity (Wildman–Crippen MR) is 103 cm³/mol. The summed E-state index contributed by atoms with van der Waals surface area (Å²) in [6, 6.07) is 11.0. The fraction of sp³-hybridized carbons (Fsp3) is 0.118. The van der Waals surface area contributed by atoms with Gasteiger partial charge in [0.1, 0.15) is 5.82 Å². The maximum Gasteiger partial charge on any atom is 0.193 e. The minimum Gasteiger partial charge on any atom is -0.379 e. The molecular formula is C17H17FN4OS2. The Kier molecular flexibility index (Phi) is 6.60. The van der Waals surface area contributed by atoms with Crippen LogP contribution in [0.1, 0.15) is 27.0 Å². The lowest BCUT2D eigenvalue weighted by Gasteiger charge is -2.12. The van der Waals surface area contributed by atoms with Gasteiger partial charge in [-0.1, -0.05) is 53.9 Å². The molecule has 0 saturated heterocycles. The summed E-state index contributed by atoms with van der Waals surface area (Å²) in [6.07, 6.45) is 0. The SMILES string of the molecule is N=C(N)SCc1ccccc1C(=O)c1cc(F)ccc1CSC(=N)N. The van der Waals surface area contributed by atoms with Crippen LogP contribution in [-0.2, 0) is 11.5 Å². The molecule has 0 atom stereocenters. The third kappa shape index (κ3) is 5.33. The molecule has 0 saturated carbocycles. The van der Waals surface area contributed by atoms with Crippen molar-refractivity contribution in [1.29, 1.82) is 10.8 Å². The number of rotatable bonds is 6. The number of amidine groups is 2. The first-order valence-electron chi connectivity index (χ1n) is 7.23. The van der Waals surface area contributed by atoms with E-state index in [4.69, 9.17) is 22.3 Å². The van der Waals surface area contributed by atoms with Gasteiger partial charge in [-0.25, -0.2) is 4.39 Å². The summed E-state index contributed by atoms with van der Waals surface area (Å²) in [5, 5.41) is 14.5. The minimum atomic E-state index is -0.504. The van der Waals surface area contributed by atoms with Crippen molar-refractivity contribution in [3.8, 4) is 0 Å². The second-order valence-electron chi connectivity index (χ2n) is 5.09. The second kappa shape index (κ2) is 8.68. The molecule has 0 heterocycles. The Bertz CT molecular complexity index is 826. The molecule has 0 aliphatic rings. The van der Waals surface area contributed by atoms with Gasteiger partial charge in [0.05, 0.1) is 0 Å². The lowest BCUT2D eigenvalue weighted by Crippen LogP contribution is -2.11. The Morgan fingerprint density at radius 3 is 2.08 bits per heavy atom. The molecule has 0 bridgehead atoms. The molecule has 2 aromatic rings. The molecule has 0 fully saturated rings. The van der Waals surface area contributed by atoms with Crippen molar-refractivity contribution in [2.45, 2.75) is 11.5 Å². The summed E-state index contributed by atoms with van der Waals surface area (Å²) in [5.41, 5.74) is 12.7. The maximum absolute atomic E-state index is 13.7. The molecule has 0 spiro atoms. The summed E-state index contributed by atoms with van der Waals surface area (Å²) in [4.78, 5) is 13.0. The minimum absolute atomic E-state index is 0.0356. The van der Waals surface area contributed by atoms with Crippen molar-refractivity contribution < 1.29 is 9.18 Å². The summed E-state index contributed by atoms with van der Waals surface area (Å²) in [6.45, 7) is 0. The van der Waals surface area contributed by atoms with Gasteiger partial charge in [-0.2, -0.15) is 0 Å². The molecular weight excluding hydrogens is 359 g/mol. The zero-order valence-electron chi connectivity index (χ0n) is 13.2. The number of nitrogens with one attached hydrogen (secondary N) is 2. The molecule has 0 unspecified atom stereocenters. The van der Waals surface area contributed by atoms with Gasteiger partial charge in [0.15, 0.2) is 16.1 Å². The van der Waals surface area contributed by atoms with Crippen molar-refractivity contribution in [2.75, 3.05) is 0 Å². The summed E-state index contributed by atoms with van der Waals surface area (Å²) in [7, 11) is 0. The normalized spacial score (nSPS) is 10.4. The van der Waals surface area contributed by atoms with Gasteiger partial charge in [-0.15, -0.1) is 0 Å². The highest BCUT2D eigenvalue weighted by Crippen LogP contribution is 2.24. The predicted octanol–water partition coefficient (Wildman–Crippen LogP) is 3.31. The summed E-state index contributed by atoms with van der Waals surface area (Å²) in [5.74, 6) is -0.126. The number of hydrogen-bond donors (Lipinski definition) is 4. The molecule has 0 amide bonds. The zero-order chi connectivity index (χ0) is 18.4. The van der Waals surface area contributed by atoms with E-state index in [1.165, 1.54) is 18.2 Å².